The quantitative estimate of drug-likeness (QED) is 0.783. The van der Waals surface area contributed by atoms with E-state index in [1.54, 1.807) is 0 Å². The molecule has 0 saturated carbocycles. The molecule has 2 rings (SSSR count). The van der Waals surface area contributed by atoms with Crippen LogP contribution >= 0.6 is 0 Å². The molecule has 0 heterocycles. The van der Waals surface area contributed by atoms with Crippen LogP contribution in [-0.4, -0.2) is 7.05 Å². The second-order valence-corrected chi connectivity index (χ2v) is 5.80. The molecule has 0 aliphatic rings. The zero-order valence-corrected chi connectivity index (χ0v) is 13.8. The molecular weight excluding hydrogens is 272 g/mol. The Kier molecular flexibility index (Phi) is 4.76. The van der Waals surface area contributed by atoms with E-state index < -0.39 is 0 Å². The average molecular weight is 296 g/mol. The molecule has 2 aromatic carbocycles. The number of nitrogens with two attached hydrogens (primary N) is 1. The summed E-state index contributed by atoms with van der Waals surface area (Å²) in [6, 6.07) is 11.8. The van der Waals surface area contributed by atoms with Gasteiger partial charge in [-0.05, 0) is 66.6 Å². The van der Waals surface area contributed by atoms with Gasteiger partial charge in [-0.2, -0.15) is 0 Å². The van der Waals surface area contributed by atoms with Crippen molar-refractivity contribution in [2.45, 2.75) is 26.7 Å². The number of hydrogen-bond acceptors (Lipinski definition) is 3. The molecule has 0 spiro atoms. The number of ether oxygens (including phenoxy) is 1. The molecule has 3 heteroatoms. The monoisotopic (exact) mass is 296 g/mol. The fourth-order valence-corrected chi connectivity index (χ4v) is 2.39. The maximum absolute atomic E-state index is 6.02. The third-order valence-electron chi connectivity index (χ3n) is 3.70. The predicted octanol–water partition coefficient (Wildman–Crippen LogP) is 5.07. The molecule has 116 valence electrons. The van der Waals surface area contributed by atoms with Crippen LogP contribution < -0.4 is 15.4 Å². The minimum atomic E-state index is 0.397. The molecule has 2 aromatic rings. The zero-order valence-electron chi connectivity index (χ0n) is 13.8. The molecule has 0 amide bonds. The van der Waals surface area contributed by atoms with Gasteiger partial charge in [0.05, 0.1) is 0 Å². The van der Waals surface area contributed by atoms with Crippen LogP contribution in [0.15, 0.2) is 49.2 Å². The summed E-state index contributed by atoms with van der Waals surface area (Å²) in [4.78, 5) is 2.02. The summed E-state index contributed by atoms with van der Waals surface area (Å²) < 4.78 is 6.02. The number of benzene rings is 2. The van der Waals surface area contributed by atoms with Crippen molar-refractivity contribution in [3.05, 3.63) is 60.3 Å². The minimum Gasteiger partial charge on any atom is -0.457 e. The Labute approximate surface area is 133 Å². The highest BCUT2D eigenvalue weighted by molar-refractivity contribution is 5.59. The van der Waals surface area contributed by atoms with E-state index in [-0.39, 0.29) is 0 Å². The van der Waals surface area contributed by atoms with Crippen LogP contribution in [0.3, 0.4) is 0 Å². The molecule has 22 heavy (non-hydrogen) atoms. The highest BCUT2D eigenvalue weighted by Crippen LogP contribution is 2.33. The smallest absolute Gasteiger partial charge is 0.130 e. The van der Waals surface area contributed by atoms with Gasteiger partial charge in [0.25, 0.3) is 0 Å². The van der Waals surface area contributed by atoms with Gasteiger partial charge < -0.3 is 15.4 Å². The van der Waals surface area contributed by atoms with Gasteiger partial charge >= 0.3 is 0 Å². The van der Waals surface area contributed by atoms with Crippen molar-refractivity contribution in [1.82, 2.24) is 0 Å². The summed E-state index contributed by atoms with van der Waals surface area (Å²) in [5.41, 5.74) is 9.93. The lowest BCUT2D eigenvalue weighted by atomic mass is 10.00. The third kappa shape index (κ3) is 3.42. The SMILES string of the molecule is C=CN(C)c1ccc(Oc2ccc(N)cc2C)cc1C(C)C. The number of anilines is 2. The van der Waals surface area contributed by atoms with Gasteiger partial charge in [-0.1, -0.05) is 20.4 Å². The second-order valence-electron chi connectivity index (χ2n) is 5.80. The molecule has 0 aromatic heterocycles. The fourth-order valence-electron chi connectivity index (χ4n) is 2.39. The molecule has 0 unspecified atom stereocenters. The first-order valence-electron chi connectivity index (χ1n) is 7.45. The van der Waals surface area contributed by atoms with Gasteiger partial charge in [-0.3, -0.25) is 0 Å². The van der Waals surface area contributed by atoms with Crippen molar-refractivity contribution in [3.8, 4) is 11.5 Å². The molecular formula is C19H24N2O. The molecule has 0 fully saturated rings. The van der Waals surface area contributed by atoms with Crippen molar-refractivity contribution < 1.29 is 4.74 Å². The molecule has 0 radical (unpaired) electrons. The molecule has 2 N–H and O–H groups in total. The van der Waals surface area contributed by atoms with E-state index in [1.165, 1.54) is 5.56 Å². The van der Waals surface area contributed by atoms with E-state index in [1.807, 2.05) is 49.3 Å². The molecule has 0 aliphatic carbocycles. The molecule has 0 atom stereocenters. The van der Waals surface area contributed by atoms with Crippen molar-refractivity contribution in [2.24, 2.45) is 0 Å². The van der Waals surface area contributed by atoms with Crippen molar-refractivity contribution in [1.29, 1.82) is 0 Å². The molecule has 0 saturated heterocycles. The number of hydrogen-bond donors (Lipinski definition) is 1. The standard InChI is InChI=1S/C19H24N2O/c1-6-21(5)18-9-8-16(12-17(18)13(2)3)22-19-10-7-15(20)11-14(19)4/h6-13H,1,20H2,2-5H3. The highest BCUT2D eigenvalue weighted by Gasteiger charge is 2.11. The summed E-state index contributed by atoms with van der Waals surface area (Å²) in [5.74, 6) is 2.06. The maximum Gasteiger partial charge on any atom is 0.130 e. The number of aryl methyl sites for hydroxylation is 1. The van der Waals surface area contributed by atoms with Crippen molar-refractivity contribution in [3.63, 3.8) is 0 Å². The van der Waals surface area contributed by atoms with Crippen LogP contribution in [-0.2, 0) is 0 Å². The maximum atomic E-state index is 6.02. The Morgan fingerprint density at radius 1 is 1.18 bits per heavy atom. The van der Waals surface area contributed by atoms with E-state index >= 15 is 0 Å². The van der Waals surface area contributed by atoms with Crippen LogP contribution in [0.25, 0.3) is 0 Å². The van der Waals surface area contributed by atoms with Crippen LogP contribution in [0, 0.1) is 6.92 Å². The topological polar surface area (TPSA) is 38.5 Å². The first kappa shape index (κ1) is 16.0. The Morgan fingerprint density at radius 3 is 2.50 bits per heavy atom. The van der Waals surface area contributed by atoms with Crippen molar-refractivity contribution in [2.75, 3.05) is 17.7 Å². The van der Waals surface area contributed by atoms with Gasteiger partial charge in [0.15, 0.2) is 0 Å². The van der Waals surface area contributed by atoms with E-state index in [9.17, 15) is 0 Å². The van der Waals surface area contributed by atoms with Gasteiger partial charge in [0, 0.05) is 18.4 Å². The molecule has 3 nitrogen and oxygen atoms in total. The van der Waals surface area contributed by atoms with Gasteiger partial charge in [-0.25, -0.2) is 0 Å². The Balaban J connectivity index is 2.36. The zero-order chi connectivity index (χ0) is 16.3. The lowest BCUT2D eigenvalue weighted by Gasteiger charge is -2.21. The van der Waals surface area contributed by atoms with Gasteiger partial charge in [-0.15, -0.1) is 0 Å². The lowest BCUT2D eigenvalue weighted by molar-refractivity contribution is 0.478. The third-order valence-corrected chi connectivity index (χ3v) is 3.70. The second kappa shape index (κ2) is 6.56. The van der Waals surface area contributed by atoms with E-state index in [4.69, 9.17) is 10.5 Å². The largest absolute Gasteiger partial charge is 0.457 e. The minimum absolute atomic E-state index is 0.397. The summed E-state index contributed by atoms with van der Waals surface area (Å²) in [7, 11) is 2.00. The summed E-state index contributed by atoms with van der Waals surface area (Å²) in [6.07, 6.45) is 1.81. The van der Waals surface area contributed by atoms with Gasteiger partial charge in [0.2, 0.25) is 0 Å². The van der Waals surface area contributed by atoms with Crippen LogP contribution in [0.1, 0.15) is 30.9 Å². The summed E-state index contributed by atoms with van der Waals surface area (Å²) in [5, 5.41) is 0. The molecule has 0 bridgehead atoms. The average Bonchev–Trinajstić information content (AvgIpc) is 2.49. The Hall–Kier alpha value is -2.42. The molecule has 0 aliphatic heterocycles. The van der Waals surface area contributed by atoms with E-state index in [2.05, 4.69) is 32.6 Å². The van der Waals surface area contributed by atoms with Gasteiger partial charge in [0.1, 0.15) is 11.5 Å². The van der Waals surface area contributed by atoms with E-state index in [0.717, 1.165) is 28.4 Å². The first-order chi connectivity index (χ1) is 10.4. The van der Waals surface area contributed by atoms with Crippen LogP contribution in [0.5, 0.6) is 11.5 Å². The predicted molar refractivity (Wildman–Crippen MR) is 94.8 cm³/mol. The van der Waals surface area contributed by atoms with Crippen LogP contribution in [0.2, 0.25) is 0 Å². The Bertz CT molecular complexity index is 677. The van der Waals surface area contributed by atoms with Crippen LogP contribution in [0.4, 0.5) is 11.4 Å². The fraction of sp³-hybridized carbons (Fsp3) is 0.263. The highest BCUT2D eigenvalue weighted by atomic mass is 16.5. The summed E-state index contributed by atoms with van der Waals surface area (Å²) >= 11 is 0. The van der Waals surface area contributed by atoms with E-state index in [0.29, 0.717) is 5.92 Å². The summed E-state index contributed by atoms with van der Waals surface area (Å²) in [6.45, 7) is 10.2. The number of nitrogen functional groups attached to an aromatic ring is 1. The van der Waals surface area contributed by atoms with Crippen molar-refractivity contribution >= 4 is 11.4 Å². The number of nitrogens with zero attached hydrogens (tertiary/aromatic N) is 1. The Morgan fingerprint density at radius 2 is 1.91 bits per heavy atom. The first-order valence-corrected chi connectivity index (χ1v) is 7.45. The lowest BCUT2D eigenvalue weighted by Crippen LogP contribution is -2.10. The normalized spacial score (nSPS) is 10.6. The number of rotatable bonds is 5.